The van der Waals surface area contributed by atoms with Crippen molar-refractivity contribution in [2.24, 2.45) is 0 Å². The zero-order chi connectivity index (χ0) is 32.0. The molecule has 0 unspecified atom stereocenters. The highest BCUT2D eigenvalue weighted by atomic mass is 32.2. The van der Waals surface area contributed by atoms with Gasteiger partial charge in [0, 0.05) is 4.90 Å². The summed E-state index contributed by atoms with van der Waals surface area (Å²) in [4.78, 5) is 1.12. The van der Waals surface area contributed by atoms with Crippen LogP contribution in [0.4, 0.5) is 0 Å². The van der Waals surface area contributed by atoms with E-state index in [1.807, 2.05) is 48.5 Å². The Balaban J connectivity index is 1.50. The van der Waals surface area contributed by atoms with Gasteiger partial charge in [-0.2, -0.15) is 0 Å². The van der Waals surface area contributed by atoms with Gasteiger partial charge in [0.2, 0.25) is 0 Å². The number of ether oxygens (including phenoxy) is 4. The SMILES string of the molecule is CC[Si](CC)(CC)O[C@H]1[C@H](OCc2ccccc2)[C@H](OCc2ccccc2)[C@@H](Sc2ccccc2)O[C@@H]1COCc1ccccc1. The predicted octanol–water partition coefficient (Wildman–Crippen LogP) is 9.28. The molecular weight excluding hydrogens is 609 g/mol. The molecule has 5 rings (SSSR count). The Morgan fingerprint density at radius 3 is 1.52 bits per heavy atom. The van der Waals surface area contributed by atoms with Gasteiger partial charge in [-0.3, -0.25) is 0 Å². The molecule has 7 heteroatoms. The van der Waals surface area contributed by atoms with Crippen LogP contribution in [0.25, 0.3) is 0 Å². The Labute approximate surface area is 280 Å². The largest absolute Gasteiger partial charge is 0.408 e. The van der Waals surface area contributed by atoms with Crippen LogP contribution < -0.4 is 0 Å². The van der Waals surface area contributed by atoms with Crippen LogP contribution in [0.3, 0.4) is 0 Å². The maximum atomic E-state index is 7.34. The quantitative estimate of drug-likeness (QED) is 0.106. The van der Waals surface area contributed by atoms with Crippen LogP contribution >= 0.6 is 11.8 Å². The molecule has 4 aromatic rings. The van der Waals surface area contributed by atoms with E-state index in [1.54, 1.807) is 11.8 Å². The summed E-state index contributed by atoms with van der Waals surface area (Å²) in [6, 6.07) is 44.4. The van der Waals surface area contributed by atoms with E-state index in [0.29, 0.717) is 26.4 Å². The lowest BCUT2D eigenvalue weighted by molar-refractivity contribution is -0.236. The van der Waals surface area contributed by atoms with E-state index < -0.39 is 8.32 Å². The lowest BCUT2D eigenvalue weighted by Crippen LogP contribution is -2.63. The summed E-state index contributed by atoms with van der Waals surface area (Å²) in [7, 11) is -2.09. The maximum absolute atomic E-state index is 7.34. The van der Waals surface area contributed by atoms with Crippen LogP contribution in [-0.4, -0.2) is 44.8 Å². The van der Waals surface area contributed by atoms with Crippen LogP contribution in [0.15, 0.2) is 126 Å². The molecule has 1 aliphatic heterocycles. The molecule has 1 heterocycles. The molecule has 5 atom stereocenters. The summed E-state index contributed by atoms with van der Waals surface area (Å²) in [5.74, 6) is 0. The Kier molecular flexibility index (Phi) is 13.5. The lowest BCUT2D eigenvalue weighted by Gasteiger charge is -2.48. The van der Waals surface area contributed by atoms with Crippen molar-refractivity contribution >= 4 is 20.1 Å². The van der Waals surface area contributed by atoms with Gasteiger partial charge in [-0.25, -0.2) is 0 Å². The minimum Gasteiger partial charge on any atom is -0.408 e. The average molecular weight is 657 g/mol. The van der Waals surface area contributed by atoms with Crippen molar-refractivity contribution in [2.45, 2.75) is 93.5 Å². The molecule has 0 radical (unpaired) electrons. The fourth-order valence-electron chi connectivity index (χ4n) is 5.94. The zero-order valence-electron chi connectivity index (χ0n) is 27.3. The van der Waals surface area contributed by atoms with E-state index in [4.69, 9.17) is 23.4 Å². The number of thioether (sulfide) groups is 1. The van der Waals surface area contributed by atoms with E-state index >= 15 is 0 Å². The summed E-state index contributed by atoms with van der Waals surface area (Å²) in [6.45, 7) is 8.60. The number of benzene rings is 4. The Bertz CT molecular complexity index is 1380. The molecule has 1 fully saturated rings. The van der Waals surface area contributed by atoms with Gasteiger partial charge in [0.15, 0.2) is 8.32 Å². The van der Waals surface area contributed by atoms with Gasteiger partial charge in [0.1, 0.15) is 29.9 Å². The zero-order valence-corrected chi connectivity index (χ0v) is 29.1. The summed E-state index contributed by atoms with van der Waals surface area (Å²) in [6.07, 6.45) is -1.44. The molecule has 46 heavy (non-hydrogen) atoms. The molecule has 0 spiro atoms. The van der Waals surface area contributed by atoms with Crippen LogP contribution in [0.5, 0.6) is 0 Å². The van der Waals surface area contributed by atoms with Gasteiger partial charge in [-0.15, -0.1) is 0 Å². The molecule has 0 N–H and O–H groups in total. The highest BCUT2D eigenvalue weighted by Gasteiger charge is 2.51. The summed E-state index contributed by atoms with van der Waals surface area (Å²) >= 11 is 1.68. The van der Waals surface area contributed by atoms with Crippen LogP contribution in [0.2, 0.25) is 18.1 Å². The van der Waals surface area contributed by atoms with Crippen molar-refractivity contribution in [3.05, 3.63) is 138 Å². The third kappa shape index (κ3) is 9.64. The first-order valence-corrected chi connectivity index (χ1v) is 20.0. The standard InChI is InChI=1S/C39H48O5SSi/c1-4-46(5-2,6-3)44-36-35(30-40-27-31-19-11-7-12-20-31)43-39(45-34-25-17-10-18-26-34)38(42-29-33-23-15-9-16-24-33)37(36)41-28-32-21-13-8-14-22-32/h7-26,35-39H,4-6,27-30H2,1-3H3/t35-,36-,37+,38+,39-/m1/s1. The highest BCUT2D eigenvalue weighted by molar-refractivity contribution is 7.99. The van der Waals surface area contributed by atoms with E-state index in [0.717, 1.165) is 39.7 Å². The fraction of sp³-hybridized carbons (Fsp3) is 0.385. The normalized spacial score (nSPS) is 21.7. The Morgan fingerprint density at radius 1 is 0.565 bits per heavy atom. The number of rotatable bonds is 17. The minimum absolute atomic E-state index is 0.334. The molecule has 0 saturated carbocycles. The van der Waals surface area contributed by atoms with E-state index in [1.165, 1.54) is 0 Å². The van der Waals surface area contributed by atoms with Gasteiger partial charge < -0.3 is 23.4 Å². The first kappa shape index (κ1) is 34.6. The number of hydrogen-bond acceptors (Lipinski definition) is 6. The van der Waals surface area contributed by atoms with Crippen molar-refractivity contribution in [1.29, 1.82) is 0 Å². The molecule has 0 aromatic heterocycles. The highest BCUT2D eigenvalue weighted by Crippen LogP contribution is 2.40. The van der Waals surface area contributed by atoms with Crippen molar-refractivity contribution in [1.82, 2.24) is 0 Å². The van der Waals surface area contributed by atoms with Gasteiger partial charge in [-0.1, -0.05) is 142 Å². The van der Waals surface area contributed by atoms with Crippen LogP contribution in [0.1, 0.15) is 37.5 Å². The second-order valence-electron chi connectivity index (χ2n) is 11.8. The fourth-order valence-corrected chi connectivity index (χ4v) is 9.95. The number of hydrogen-bond donors (Lipinski definition) is 0. The third-order valence-corrected chi connectivity index (χ3v) is 14.7. The van der Waals surface area contributed by atoms with E-state index in [9.17, 15) is 0 Å². The molecule has 0 aliphatic carbocycles. The monoisotopic (exact) mass is 656 g/mol. The predicted molar refractivity (Wildman–Crippen MR) is 189 cm³/mol. The molecule has 0 amide bonds. The topological polar surface area (TPSA) is 46.2 Å². The molecule has 0 bridgehead atoms. The van der Waals surface area contributed by atoms with E-state index in [-0.39, 0.29) is 29.9 Å². The molecule has 5 nitrogen and oxygen atoms in total. The van der Waals surface area contributed by atoms with Crippen molar-refractivity contribution < 1.29 is 23.4 Å². The second kappa shape index (κ2) is 18.0. The van der Waals surface area contributed by atoms with Crippen molar-refractivity contribution in [3.63, 3.8) is 0 Å². The van der Waals surface area contributed by atoms with Gasteiger partial charge in [0.05, 0.1) is 26.4 Å². The van der Waals surface area contributed by atoms with Crippen LogP contribution in [-0.2, 0) is 43.2 Å². The summed E-state index contributed by atoms with van der Waals surface area (Å²) < 4.78 is 34.6. The molecule has 4 aromatic carbocycles. The third-order valence-electron chi connectivity index (χ3n) is 8.87. The Morgan fingerprint density at radius 2 is 1.02 bits per heavy atom. The van der Waals surface area contributed by atoms with Crippen molar-refractivity contribution in [3.8, 4) is 0 Å². The first-order chi connectivity index (χ1) is 22.6. The average Bonchev–Trinajstić information content (AvgIpc) is 3.12. The summed E-state index contributed by atoms with van der Waals surface area (Å²) in [5.41, 5.74) is 3.02. The smallest absolute Gasteiger partial charge is 0.192 e. The molecule has 244 valence electrons. The molecule has 1 saturated heterocycles. The second-order valence-corrected chi connectivity index (χ2v) is 17.7. The maximum Gasteiger partial charge on any atom is 0.192 e. The molecular formula is C39H48O5SSi. The first-order valence-electron chi connectivity index (χ1n) is 16.6. The minimum atomic E-state index is -2.09. The van der Waals surface area contributed by atoms with Gasteiger partial charge in [0.25, 0.3) is 0 Å². The van der Waals surface area contributed by atoms with Crippen molar-refractivity contribution in [2.75, 3.05) is 6.61 Å². The van der Waals surface area contributed by atoms with Crippen LogP contribution in [0, 0.1) is 0 Å². The van der Waals surface area contributed by atoms with E-state index in [2.05, 4.69) is 93.6 Å². The summed E-state index contributed by atoms with van der Waals surface area (Å²) in [5, 5.41) is 0. The Hall–Kier alpha value is -2.75. The lowest BCUT2D eigenvalue weighted by atomic mass is 9.99. The molecule has 1 aliphatic rings. The van der Waals surface area contributed by atoms with Gasteiger partial charge >= 0.3 is 0 Å². The van der Waals surface area contributed by atoms with Gasteiger partial charge in [-0.05, 0) is 47.0 Å².